The Hall–Kier alpha value is -2.52. The number of rotatable bonds is 2. The second-order valence-corrected chi connectivity index (χ2v) is 7.87. The summed E-state index contributed by atoms with van der Waals surface area (Å²) in [5.41, 5.74) is -1.54. The number of carbonyl (C=O) groups excluding carboxylic acids is 1. The fourth-order valence-corrected chi connectivity index (χ4v) is 3.09. The van der Waals surface area contributed by atoms with E-state index in [1.807, 2.05) is 6.92 Å². The van der Waals surface area contributed by atoms with Crippen molar-refractivity contribution in [1.29, 1.82) is 0 Å². The lowest BCUT2D eigenvalue weighted by molar-refractivity contribution is -0.141. The van der Waals surface area contributed by atoms with Crippen LogP contribution in [0.1, 0.15) is 46.2 Å². The van der Waals surface area contributed by atoms with Crippen LogP contribution in [0.25, 0.3) is 5.65 Å². The summed E-state index contributed by atoms with van der Waals surface area (Å²) in [4.78, 5) is 21.9. The summed E-state index contributed by atoms with van der Waals surface area (Å²) < 4.78 is 51.4. The smallest absolute Gasteiger partial charge is 0.433 e. The Morgan fingerprint density at radius 2 is 1.93 bits per heavy atom. The van der Waals surface area contributed by atoms with E-state index in [-0.39, 0.29) is 24.1 Å². The monoisotopic (exact) mass is 400 g/mol. The standard InChI is InChI=1S/C18H23F3N4O3/c1-11-5-6-12(10-25(11)16(26)28-17(2,3)4)27-15-14-23-9-13(18(19,20)21)24(14)8-7-22-15/h7-9,11-12H,5-6,10H2,1-4H3. The molecule has 0 aromatic carbocycles. The van der Waals surface area contributed by atoms with Gasteiger partial charge in [0.25, 0.3) is 5.88 Å². The Morgan fingerprint density at radius 3 is 2.57 bits per heavy atom. The van der Waals surface area contributed by atoms with E-state index in [1.165, 1.54) is 12.4 Å². The van der Waals surface area contributed by atoms with Gasteiger partial charge >= 0.3 is 12.3 Å². The van der Waals surface area contributed by atoms with Crippen molar-refractivity contribution >= 4 is 11.7 Å². The second kappa shape index (κ2) is 7.14. The van der Waals surface area contributed by atoms with Crippen molar-refractivity contribution in [2.75, 3.05) is 6.54 Å². The van der Waals surface area contributed by atoms with Crippen LogP contribution in [-0.4, -0.2) is 49.7 Å². The molecule has 1 aliphatic heterocycles. The van der Waals surface area contributed by atoms with E-state index in [1.54, 1.807) is 25.7 Å². The number of piperidine rings is 1. The molecule has 0 spiro atoms. The summed E-state index contributed by atoms with van der Waals surface area (Å²) in [5.74, 6) is 0.00157. The fraction of sp³-hybridized carbons (Fsp3) is 0.611. The van der Waals surface area contributed by atoms with Crippen molar-refractivity contribution in [3.8, 4) is 5.88 Å². The lowest BCUT2D eigenvalue weighted by atomic mass is 10.0. The largest absolute Gasteiger partial charge is 0.470 e. The maximum absolute atomic E-state index is 13.1. The van der Waals surface area contributed by atoms with Crippen LogP contribution in [0.2, 0.25) is 0 Å². The Morgan fingerprint density at radius 1 is 1.21 bits per heavy atom. The van der Waals surface area contributed by atoms with Crippen LogP contribution in [0.4, 0.5) is 18.0 Å². The van der Waals surface area contributed by atoms with Crippen molar-refractivity contribution in [2.45, 2.75) is 64.5 Å². The van der Waals surface area contributed by atoms with Crippen molar-refractivity contribution in [3.63, 3.8) is 0 Å². The molecule has 1 aliphatic rings. The van der Waals surface area contributed by atoms with Crippen molar-refractivity contribution in [1.82, 2.24) is 19.3 Å². The van der Waals surface area contributed by atoms with Gasteiger partial charge in [0.05, 0.1) is 12.7 Å². The number of amides is 1. The number of hydrogen-bond acceptors (Lipinski definition) is 5. The summed E-state index contributed by atoms with van der Waals surface area (Å²) >= 11 is 0. The van der Waals surface area contributed by atoms with Gasteiger partial charge in [-0.05, 0) is 40.5 Å². The Labute approximate surface area is 160 Å². The number of ether oxygens (including phenoxy) is 2. The lowest BCUT2D eigenvalue weighted by Crippen LogP contribution is -2.50. The highest BCUT2D eigenvalue weighted by atomic mass is 19.4. The average Bonchev–Trinajstić information content (AvgIpc) is 3.00. The number of imidazole rings is 1. The number of fused-ring (bicyclic) bond motifs is 1. The summed E-state index contributed by atoms with van der Waals surface area (Å²) in [6.45, 7) is 7.53. The zero-order chi connectivity index (χ0) is 20.7. The zero-order valence-electron chi connectivity index (χ0n) is 16.2. The van der Waals surface area contributed by atoms with Crippen LogP contribution < -0.4 is 4.74 Å². The zero-order valence-corrected chi connectivity index (χ0v) is 16.2. The second-order valence-electron chi connectivity index (χ2n) is 7.87. The van der Waals surface area contributed by atoms with Crippen LogP contribution in [-0.2, 0) is 10.9 Å². The van der Waals surface area contributed by atoms with Gasteiger partial charge in [0.15, 0.2) is 0 Å². The highest BCUT2D eigenvalue weighted by Gasteiger charge is 2.36. The molecule has 0 radical (unpaired) electrons. The Balaban J connectivity index is 1.78. The molecular formula is C18H23F3N4O3. The lowest BCUT2D eigenvalue weighted by Gasteiger charge is -2.38. The molecule has 3 rings (SSSR count). The fourth-order valence-electron chi connectivity index (χ4n) is 3.09. The normalized spacial score (nSPS) is 21.0. The number of likely N-dealkylation sites (tertiary alicyclic amines) is 1. The van der Waals surface area contributed by atoms with Crippen LogP contribution in [0.5, 0.6) is 5.88 Å². The molecule has 3 heterocycles. The molecule has 2 atom stereocenters. The van der Waals surface area contributed by atoms with Gasteiger partial charge in [-0.3, -0.25) is 4.40 Å². The van der Waals surface area contributed by atoms with Crippen LogP contribution in [0.3, 0.4) is 0 Å². The van der Waals surface area contributed by atoms with Crippen LogP contribution >= 0.6 is 0 Å². The number of alkyl halides is 3. The SMILES string of the molecule is CC1CCC(Oc2nccn3c(C(F)(F)F)cnc23)CN1C(=O)OC(C)(C)C. The highest BCUT2D eigenvalue weighted by molar-refractivity contribution is 5.68. The molecule has 2 unspecified atom stereocenters. The number of halogens is 3. The van der Waals surface area contributed by atoms with Gasteiger partial charge in [0.2, 0.25) is 5.65 Å². The molecule has 1 amide bonds. The first-order valence-corrected chi connectivity index (χ1v) is 9.01. The summed E-state index contributed by atoms with van der Waals surface area (Å²) in [7, 11) is 0. The molecule has 7 nitrogen and oxygen atoms in total. The molecule has 0 saturated carbocycles. The van der Waals surface area contributed by atoms with Crippen LogP contribution in [0, 0.1) is 0 Å². The topological polar surface area (TPSA) is 69.0 Å². The third-order valence-corrected chi connectivity index (χ3v) is 4.43. The van der Waals surface area contributed by atoms with Gasteiger partial charge in [0, 0.05) is 18.4 Å². The molecule has 154 valence electrons. The average molecular weight is 400 g/mol. The predicted octanol–water partition coefficient (Wildman–Crippen LogP) is 3.91. The van der Waals surface area contributed by atoms with Gasteiger partial charge < -0.3 is 14.4 Å². The Kier molecular flexibility index (Phi) is 5.16. The summed E-state index contributed by atoms with van der Waals surface area (Å²) in [6, 6.07) is -0.0262. The van der Waals surface area contributed by atoms with Crippen molar-refractivity contribution in [3.05, 3.63) is 24.3 Å². The highest BCUT2D eigenvalue weighted by Crippen LogP contribution is 2.32. The van der Waals surface area contributed by atoms with Crippen molar-refractivity contribution in [2.24, 2.45) is 0 Å². The van der Waals surface area contributed by atoms with E-state index in [2.05, 4.69) is 9.97 Å². The number of carbonyl (C=O) groups is 1. The number of hydrogen-bond donors (Lipinski definition) is 0. The summed E-state index contributed by atoms with van der Waals surface area (Å²) in [6.07, 6.45) is -0.922. The maximum Gasteiger partial charge on any atom is 0.433 e. The van der Waals surface area contributed by atoms with Crippen LogP contribution in [0.15, 0.2) is 18.6 Å². The van der Waals surface area contributed by atoms with Gasteiger partial charge in [-0.2, -0.15) is 13.2 Å². The molecule has 0 N–H and O–H groups in total. The van der Waals surface area contributed by atoms with E-state index in [4.69, 9.17) is 9.47 Å². The first kappa shape index (κ1) is 20.2. The predicted molar refractivity (Wildman–Crippen MR) is 94.0 cm³/mol. The molecule has 1 fully saturated rings. The van der Waals surface area contributed by atoms with Crippen molar-refractivity contribution < 1.29 is 27.4 Å². The molecular weight excluding hydrogens is 377 g/mol. The molecule has 2 aromatic heterocycles. The Bertz CT molecular complexity index is 860. The molecule has 0 bridgehead atoms. The first-order chi connectivity index (χ1) is 13.0. The third kappa shape index (κ3) is 4.31. The van der Waals surface area contributed by atoms with E-state index < -0.39 is 29.7 Å². The van der Waals surface area contributed by atoms with Gasteiger partial charge in [0.1, 0.15) is 17.4 Å². The van der Waals surface area contributed by atoms with Gasteiger partial charge in [-0.25, -0.2) is 14.8 Å². The van der Waals surface area contributed by atoms with E-state index in [0.29, 0.717) is 12.8 Å². The minimum Gasteiger partial charge on any atom is -0.470 e. The minimum absolute atomic E-state index is 0.00157. The van der Waals surface area contributed by atoms with E-state index in [9.17, 15) is 18.0 Å². The van der Waals surface area contributed by atoms with E-state index in [0.717, 1.165) is 10.6 Å². The maximum atomic E-state index is 13.1. The van der Waals surface area contributed by atoms with Gasteiger partial charge in [-0.1, -0.05) is 0 Å². The molecule has 0 aliphatic carbocycles. The molecule has 10 heteroatoms. The molecule has 2 aromatic rings. The van der Waals surface area contributed by atoms with Gasteiger partial charge in [-0.15, -0.1) is 0 Å². The third-order valence-electron chi connectivity index (χ3n) is 4.43. The quantitative estimate of drug-likeness (QED) is 0.764. The summed E-state index contributed by atoms with van der Waals surface area (Å²) in [5, 5.41) is 0. The van der Waals surface area contributed by atoms with E-state index >= 15 is 0 Å². The number of nitrogens with zero attached hydrogens (tertiary/aromatic N) is 4. The minimum atomic E-state index is -4.54. The first-order valence-electron chi connectivity index (χ1n) is 9.01. The molecule has 1 saturated heterocycles. The molecule has 28 heavy (non-hydrogen) atoms. The number of aromatic nitrogens is 3.